The molecule has 0 heterocycles. The molecule has 1 rings (SSSR count). The number of allylic oxidation sites excluding steroid dienone is 1. The van der Waals surface area contributed by atoms with Crippen LogP contribution in [-0.4, -0.2) is 13.6 Å². The topological polar surface area (TPSA) is 9.23 Å². The van der Waals surface area contributed by atoms with Crippen LogP contribution in [0, 0.1) is 6.92 Å². The first-order valence-corrected chi connectivity index (χ1v) is 6.02. The molecule has 0 N–H and O–H groups in total. The summed E-state index contributed by atoms with van der Waals surface area (Å²) in [6.07, 6.45) is 6.45. The second kappa shape index (κ2) is 9.40. The fourth-order valence-electron chi connectivity index (χ4n) is 1.50. The van der Waals surface area contributed by atoms with Gasteiger partial charge in [-0.05, 0) is 38.1 Å². The fraction of sp³-hybridized carbons (Fsp3) is 0.333. The zero-order valence-corrected chi connectivity index (χ0v) is 13.6. The molecule has 0 aliphatic rings. The first kappa shape index (κ1) is 17.5. The van der Waals surface area contributed by atoms with Crippen LogP contribution in [0.1, 0.15) is 26.3 Å². The van der Waals surface area contributed by atoms with Crippen molar-refractivity contribution in [1.29, 1.82) is 0 Å². The van der Waals surface area contributed by atoms with Gasteiger partial charge in [0.05, 0.1) is 0 Å². The zero-order chi connectivity index (χ0) is 12.7. The van der Waals surface area contributed by atoms with Gasteiger partial charge >= 0.3 is 7.48 Å². The van der Waals surface area contributed by atoms with Gasteiger partial charge in [-0.25, -0.2) is 0 Å². The maximum absolute atomic E-state index is 5.32. The van der Waals surface area contributed by atoms with Gasteiger partial charge in [-0.1, -0.05) is 48.0 Å². The van der Waals surface area contributed by atoms with Gasteiger partial charge in [-0.15, -0.1) is 0 Å². The fourth-order valence-corrected chi connectivity index (χ4v) is 1.50. The molecule has 0 fully saturated rings. The van der Waals surface area contributed by atoms with E-state index in [0.717, 1.165) is 0 Å². The quantitative estimate of drug-likeness (QED) is 0.674. The van der Waals surface area contributed by atoms with Crippen LogP contribution in [0.4, 0.5) is 0 Å². The van der Waals surface area contributed by atoms with Gasteiger partial charge < -0.3 is 4.65 Å². The molecule has 1 aromatic rings. The van der Waals surface area contributed by atoms with E-state index in [-0.39, 0.29) is 28.5 Å². The Morgan fingerprint density at radius 2 is 1.94 bits per heavy atom. The number of hydrogen-bond donors (Lipinski definition) is 0. The molecular weight excluding hydrogens is 404 g/mol. The predicted molar refractivity (Wildman–Crippen MR) is 76.1 cm³/mol. The number of rotatable bonds is 4. The van der Waals surface area contributed by atoms with Crippen LogP contribution in [0.3, 0.4) is 0 Å². The summed E-state index contributed by atoms with van der Waals surface area (Å²) in [7, 11) is 1.73. The molecule has 0 aliphatic carbocycles. The van der Waals surface area contributed by atoms with Crippen molar-refractivity contribution in [2.75, 3.05) is 0 Å². The molecule has 0 aromatic heterocycles. The Morgan fingerprint density at radius 1 is 1.22 bits per heavy atom. The van der Waals surface area contributed by atoms with Gasteiger partial charge in [0, 0.05) is 28.5 Å². The minimum atomic E-state index is 0. The molecular formula is C15H20AuBO. The molecule has 100 valence electrons. The van der Waals surface area contributed by atoms with Gasteiger partial charge in [0.15, 0.2) is 0 Å². The number of aryl methyl sites for hydroxylation is 1. The summed E-state index contributed by atoms with van der Waals surface area (Å²) >= 11 is 0. The Balaban J connectivity index is 0.00000289. The molecule has 0 amide bonds. The smallest absolute Gasteiger partial charge is 0.322 e. The third-order valence-electron chi connectivity index (χ3n) is 2.37. The van der Waals surface area contributed by atoms with E-state index in [1.807, 2.05) is 25.9 Å². The summed E-state index contributed by atoms with van der Waals surface area (Å²) < 4.78 is 5.32. The van der Waals surface area contributed by atoms with Gasteiger partial charge in [0.2, 0.25) is 0 Å². The summed E-state index contributed by atoms with van der Waals surface area (Å²) in [5.74, 6) is 1.92. The van der Waals surface area contributed by atoms with Crippen molar-refractivity contribution in [3.05, 3.63) is 46.3 Å². The van der Waals surface area contributed by atoms with E-state index in [2.05, 4.69) is 44.2 Å². The third-order valence-corrected chi connectivity index (χ3v) is 2.37. The van der Waals surface area contributed by atoms with Gasteiger partial charge in [-0.3, -0.25) is 0 Å². The van der Waals surface area contributed by atoms with E-state index >= 15 is 0 Å². The molecule has 0 unspecified atom stereocenters. The summed E-state index contributed by atoms with van der Waals surface area (Å²) in [5, 5.41) is 2.49. The molecule has 2 radical (unpaired) electrons. The van der Waals surface area contributed by atoms with Crippen LogP contribution < -0.4 is 10.4 Å². The molecule has 1 aromatic carbocycles. The largest absolute Gasteiger partial charge is 0.433 e. The monoisotopic (exact) mass is 424 g/mol. The Hall–Kier alpha value is -0.535. The second-order valence-electron chi connectivity index (χ2n) is 4.29. The first-order chi connectivity index (χ1) is 8.13. The summed E-state index contributed by atoms with van der Waals surface area (Å²) in [5.41, 5.74) is 1.29. The standard InChI is InChI=1S/C15H20BO.Au/c1-5-14-11-13(4)8-9-15(14)7-6-10-16-17-12(2)3;/h5-12H,1-4H3;/b10-6+,14-5-,15-7-;. The molecule has 0 aliphatic heterocycles. The molecule has 0 saturated heterocycles. The van der Waals surface area contributed by atoms with Crippen molar-refractivity contribution < 1.29 is 27.0 Å². The molecule has 0 bridgehead atoms. The van der Waals surface area contributed by atoms with E-state index in [0.29, 0.717) is 0 Å². The van der Waals surface area contributed by atoms with Gasteiger partial charge in [0.1, 0.15) is 0 Å². The predicted octanol–water partition coefficient (Wildman–Crippen LogP) is 2.13. The summed E-state index contributed by atoms with van der Waals surface area (Å²) in [6.45, 7) is 8.19. The minimum Gasteiger partial charge on any atom is -0.433 e. The van der Waals surface area contributed by atoms with Crippen molar-refractivity contribution in [2.45, 2.75) is 33.8 Å². The van der Waals surface area contributed by atoms with Crippen molar-refractivity contribution in [3.8, 4) is 0 Å². The second-order valence-corrected chi connectivity index (χ2v) is 4.29. The van der Waals surface area contributed by atoms with E-state index in [4.69, 9.17) is 4.65 Å². The Labute approximate surface area is 126 Å². The van der Waals surface area contributed by atoms with Crippen LogP contribution in [-0.2, 0) is 27.0 Å². The van der Waals surface area contributed by atoms with Crippen LogP contribution in [0.25, 0.3) is 12.2 Å². The van der Waals surface area contributed by atoms with Crippen molar-refractivity contribution in [2.24, 2.45) is 0 Å². The Kier molecular flexibility index (Phi) is 9.12. The van der Waals surface area contributed by atoms with E-state index in [9.17, 15) is 0 Å². The molecule has 3 heteroatoms. The minimum absolute atomic E-state index is 0. The van der Waals surface area contributed by atoms with Crippen LogP contribution >= 0.6 is 0 Å². The van der Waals surface area contributed by atoms with Crippen LogP contribution in [0.2, 0.25) is 0 Å². The van der Waals surface area contributed by atoms with E-state index < -0.39 is 0 Å². The zero-order valence-electron chi connectivity index (χ0n) is 11.4. The average Bonchev–Trinajstić information content (AvgIpc) is 2.29. The van der Waals surface area contributed by atoms with Crippen molar-refractivity contribution in [3.63, 3.8) is 0 Å². The number of benzene rings is 1. The molecule has 0 atom stereocenters. The normalized spacial score (nSPS) is 13.2. The summed E-state index contributed by atoms with van der Waals surface area (Å²) in [4.78, 5) is 0. The van der Waals surface area contributed by atoms with Crippen LogP contribution in [0.5, 0.6) is 0 Å². The third kappa shape index (κ3) is 6.41. The first-order valence-electron chi connectivity index (χ1n) is 6.02. The average molecular weight is 424 g/mol. The maximum atomic E-state index is 5.32. The van der Waals surface area contributed by atoms with Gasteiger partial charge in [-0.2, -0.15) is 0 Å². The number of hydrogen-bond acceptors (Lipinski definition) is 1. The van der Waals surface area contributed by atoms with E-state index in [1.165, 1.54) is 16.0 Å². The van der Waals surface area contributed by atoms with Crippen molar-refractivity contribution in [1.82, 2.24) is 0 Å². The maximum Gasteiger partial charge on any atom is 0.322 e. The van der Waals surface area contributed by atoms with Crippen LogP contribution in [0.15, 0.2) is 30.3 Å². The van der Waals surface area contributed by atoms with Crippen molar-refractivity contribution >= 4 is 19.6 Å². The summed E-state index contributed by atoms with van der Waals surface area (Å²) in [6, 6.07) is 6.45. The molecule has 1 nitrogen and oxygen atoms in total. The Morgan fingerprint density at radius 3 is 2.56 bits per heavy atom. The van der Waals surface area contributed by atoms with E-state index in [1.54, 1.807) is 7.48 Å². The van der Waals surface area contributed by atoms with Gasteiger partial charge in [0.25, 0.3) is 0 Å². The SMILES string of the molecule is C/C=c1/cc(C)cc/c1=C/C=C/[B]OC(C)C.[Au]. The molecule has 0 spiro atoms. The molecule has 18 heavy (non-hydrogen) atoms. The Bertz CT molecular complexity index is 492. The molecule has 0 saturated carbocycles.